The van der Waals surface area contributed by atoms with Gasteiger partial charge in [0, 0.05) is 12.4 Å². The molecule has 0 radical (unpaired) electrons. The molecule has 2 rings (SSSR count). The van der Waals surface area contributed by atoms with Crippen LogP contribution in [0, 0.1) is 0 Å². The fourth-order valence-electron chi connectivity index (χ4n) is 1.42. The van der Waals surface area contributed by atoms with Crippen LogP contribution in [0.1, 0.15) is 0 Å². The predicted octanol–water partition coefficient (Wildman–Crippen LogP) is 1.35. The number of nitrogens with one attached hydrogen (secondary N) is 2. The molecule has 2 aromatic heterocycles. The van der Waals surface area contributed by atoms with E-state index < -0.39 is 0 Å². The SMILES string of the molecule is OCCN=C(Nc1cccnc1)Nc1cccnc1. The third kappa shape index (κ3) is 4.36. The molecular weight excluding hydrogens is 242 g/mol. The molecule has 0 saturated heterocycles. The standard InChI is InChI=1S/C13H15N5O/c19-8-7-16-13(17-11-3-1-5-14-9-11)18-12-4-2-6-15-10-12/h1-6,9-10,19H,7-8H2,(H2,16,17,18). The van der Waals surface area contributed by atoms with E-state index in [0.29, 0.717) is 12.5 Å². The van der Waals surface area contributed by atoms with Crippen molar-refractivity contribution < 1.29 is 5.11 Å². The number of guanidine groups is 1. The Balaban J connectivity index is 2.08. The number of aliphatic hydroxyl groups excluding tert-OH is 1. The van der Waals surface area contributed by atoms with Gasteiger partial charge in [0.15, 0.2) is 5.96 Å². The molecule has 98 valence electrons. The summed E-state index contributed by atoms with van der Waals surface area (Å²) in [5.41, 5.74) is 1.63. The minimum atomic E-state index is -0.00700. The Hall–Kier alpha value is -2.47. The van der Waals surface area contributed by atoms with Crippen LogP contribution in [-0.2, 0) is 0 Å². The Kier molecular flexibility index (Phi) is 4.83. The molecule has 2 aromatic rings. The Morgan fingerprint density at radius 1 is 1.05 bits per heavy atom. The van der Waals surface area contributed by atoms with Gasteiger partial charge in [-0.25, -0.2) is 0 Å². The highest BCUT2D eigenvalue weighted by Crippen LogP contribution is 2.06. The summed E-state index contributed by atoms with van der Waals surface area (Å²) < 4.78 is 0. The summed E-state index contributed by atoms with van der Waals surface area (Å²) in [4.78, 5) is 12.3. The number of nitrogens with zero attached hydrogens (tertiary/aromatic N) is 3. The molecule has 0 bridgehead atoms. The summed E-state index contributed by atoms with van der Waals surface area (Å²) in [5.74, 6) is 0.537. The number of anilines is 2. The van der Waals surface area contributed by atoms with Crippen LogP contribution in [-0.4, -0.2) is 34.2 Å². The number of aliphatic hydroxyl groups is 1. The highest BCUT2D eigenvalue weighted by atomic mass is 16.3. The minimum absolute atomic E-state index is 0.00700. The Morgan fingerprint density at radius 2 is 1.63 bits per heavy atom. The molecule has 0 unspecified atom stereocenters. The van der Waals surface area contributed by atoms with Crippen molar-refractivity contribution in [3.8, 4) is 0 Å². The first-order valence-corrected chi connectivity index (χ1v) is 5.88. The smallest absolute Gasteiger partial charge is 0.200 e. The molecule has 19 heavy (non-hydrogen) atoms. The quantitative estimate of drug-likeness (QED) is 0.569. The zero-order chi connectivity index (χ0) is 13.3. The van der Waals surface area contributed by atoms with Gasteiger partial charge in [0.1, 0.15) is 0 Å². The van der Waals surface area contributed by atoms with E-state index in [1.165, 1.54) is 0 Å². The maximum atomic E-state index is 8.86. The van der Waals surface area contributed by atoms with Crippen LogP contribution >= 0.6 is 0 Å². The molecule has 0 aromatic carbocycles. The first-order chi connectivity index (χ1) is 9.38. The average molecular weight is 257 g/mol. The van der Waals surface area contributed by atoms with Gasteiger partial charge in [0.2, 0.25) is 0 Å². The van der Waals surface area contributed by atoms with Gasteiger partial charge in [0.05, 0.1) is 36.9 Å². The van der Waals surface area contributed by atoms with Crippen LogP contribution in [0.4, 0.5) is 11.4 Å². The van der Waals surface area contributed by atoms with E-state index in [9.17, 15) is 0 Å². The second-order valence-electron chi connectivity index (χ2n) is 3.69. The van der Waals surface area contributed by atoms with E-state index in [4.69, 9.17) is 5.11 Å². The van der Waals surface area contributed by atoms with E-state index in [1.54, 1.807) is 24.8 Å². The number of rotatable bonds is 4. The lowest BCUT2D eigenvalue weighted by Crippen LogP contribution is -2.23. The monoisotopic (exact) mass is 257 g/mol. The predicted molar refractivity (Wildman–Crippen MR) is 75.1 cm³/mol. The number of pyridine rings is 2. The first-order valence-electron chi connectivity index (χ1n) is 5.88. The van der Waals surface area contributed by atoms with Crippen molar-refractivity contribution in [1.29, 1.82) is 0 Å². The Bertz CT molecular complexity index is 472. The maximum absolute atomic E-state index is 8.86. The molecule has 0 aliphatic rings. The van der Waals surface area contributed by atoms with Gasteiger partial charge in [-0.05, 0) is 24.3 Å². The van der Waals surface area contributed by atoms with Crippen LogP contribution in [0.2, 0.25) is 0 Å². The molecule has 0 aliphatic heterocycles. The van der Waals surface area contributed by atoms with Crippen molar-refractivity contribution in [3.05, 3.63) is 49.1 Å². The highest BCUT2D eigenvalue weighted by molar-refractivity contribution is 6.03. The van der Waals surface area contributed by atoms with Gasteiger partial charge in [-0.2, -0.15) is 0 Å². The van der Waals surface area contributed by atoms with Crippen molar-refractivity contribution in [3.63, 3.8) is 0 Å². The fraction of sp³-hybridized carbons (Fsp3) is 0.154. The number of hydrogen-bond acceptors (Lipinski definition) is 4. The normalized spacial score (nSPS) is 9.74. The van der Waals surface area contributed by atoms with Crippen molar-refractivity contribution in [2.45, 2.75) is 0 Å². The summed E-state index contributed by atoms with van der Waals surface area (Å²) >= 11 is 0. The van der Waals surface area contributed by atoms with E-state index in [-0.39, 0.29) is 6.61 Å². The van der Waals surface area contributed by atoms with Crippen molar-refractivity contribution in [2.24, 2.45) is 4.99 Å². The molecule has 3 N–H and O–H groups in total. The van der Waals surface area contributed by atoms with Gasteiger partial charge in [-0.15, -0.1) is 0 Å². The average Bonchev–Trinajstić information content (AvgIpc) is 2.47. The lowest BCUT2D eigenvalue weighted by Gasteiger charge is -2.11. The topological polar surface area (TPSA) is 82.4 Å². The minimum Gasteiger partial charge on any atom is -0.394 e. The van der Waals surface area contributed by atoms with Gasteiger partial charge in [-0.1, -0.05) is 0 Å². The fourth-order valence-corrected chi connectivity index (χ4v) is 1.42. The van der Waals surface area contributed by atoms with Crippen LogP contribution in [0.15, 0.2) is 54.0 Å². The Morgan fingerprint density at radius 3 is 2.05 bits per heavy atom. The van der Waals surface area contributed by atoms with E-state index in [2.05, 4.69) is 25.6 Å². The number of hydrogen-bond donors (Lipinski definition) is 3. The summed E-state index contributed by atoms with van der Waals surface area (Å²) in [6.45, 7) is 0.308. The zero-order valence-corrected chi connectivity index (χ0v) is 10.3. The van der Waals surface area contributed by atoms with Crippen molar-refractivity contribution in [2.75, 3.05) is 23.8 Å². The van der Waals surface area contributed by atoms with Gasteiger partial charge >= 0.3 is 0 Å². The van der Waals surface area contributed by atoms with Crippen molar-refractivity contribution >= 4 is 17.3 Å². The molecule has 0 fully saturated rings. The lowest BCUT2D eigenvalue weighted by molar-refractivity contribution is 0.307. The Labute approximate surface area is 111 Å². The summed E-state index contributed by atoms with van der Waals surface area (Å²) in [6.07, 6.45) is 6.79. The van der Waals surface area contributed by atoms with Crippen LogP contribution in [0.3, 0.4) is 0 Å². The van der Waals surface area contributed by atoms with Crippen molar-refractivity contribution in [1.82, 2.24) is 9.97 Å². The summed E-state index contributed by atoms with van der Waals surface area (Å²) in [7, 11) is 0. The van der Waals surface area contributed by atoms with Gasteiger partial charge in [0.25, 0.3) is 0 Å². The lowest BCUT2D eigenvalue weighted by atomic mass is 10.4. The van der Waals surface area contributed by atoms with Crippen LogP contribution < -0.4 is 10.6 Å². The molecule has 0 saturated carbocycles. The first kappa shape index (κ1) is 13.0. The van der Waals surface area contributed by atoms with Gasteiger partial charge < -0.3 is 15.7 Å². The molecule has 0 aliphatic carbocycles. The molecule has 0 atom stereocenters. The van der Waals surface area contributed by atoms with E-state index in [1.807, 2.05) is 24.3 Å². The molecular formula is C13H15N5O. The second-order valence-corrected chi connectivity index (χ2v) is 3.69. The number of aromatic nitrogens is 2. The maximum Gasteiger partial charge on any atom is 0.200 e. The third-order valence-corrected chi connectivity index (χ3v) is 2.22. The number of aliphatic imine (C=N–C) groups is 1. The van der Waals surface area contributed by atoms with Crippen LogP contribution in [0.5, 0.6) is 0 Å². The molecule has 0 amide bonds. The molecule has 0 spiro atoms. The third-order valence-electron chi connectivity index (χ3n) is 2.22. The zero-order valence-electron chi connectivity index (χ0n) is 10.3. The summed E-state index contributed by atoms with van der Waals surface area (Å²) in [6, 6.07) is 7.42. The van der Waals surface area contributed by atoms with Gasteiger partial charge in [-0.3, -0.25) is 15.0 Å². The van der Waals surface area contributed by atoms with E-state index >= 15 is 0 Å². The van der Waals surface area contributed by atoms with Crippen LogP contribution in [0.25, 0.3) is 0 Å². The second kappa shape index (κ2) is 7.07. The molecule has 6 heteroatoms. The molecule has 2 heterocycles. The molecule has 6 nitrogen and oxygen atoms in total. The highest BCUT2D eigenvalue weighted by Gasteiger charge is 2.00. The summed E-state index contributed by atoms with van der Waals surface area (Å²) in [5, 5.41) is 15.1. The largest absolute Gasteiger partial charge is 0.394 e. The van der Waals surface area contributed by atoms with E-state index in [0.717, 1.165) is 11.4 Å².